The highest BCUT2D eigenvalue weighted by Gasteiger charge is 2.31. The van der Waals surface area contributed by atoms with Crippen molar-refractivity contribution in [2.24, 2.45) is 0 Å². The third-order valence-corrected chi connectivity index (χ3v) is 6.54. The van der Waals surface area contributed by atoms with Crippen molar-refractivity contribution in [3.63, 3.8) is 0 Å². The lowest BCUT2D eigenvalue weighted by molar-refractivity contribution is -0.274. The third kappa shape index (κ3) is 5.25. The molecule has 2 heterocycles. The van der Waals surface area contributed by atoms with E-state index in [1.807, 2.05) is 0 Å². The Morgan fingerprint density at radius 2 is 1.86 bits per heavy atom. The van der Waals surface area contributed by atoms with Crippen LogP contribution in [0.1, 0.15) is 11.3 Å². The van der Waals surface area contributed by atoms with Crippen LogP contribution >= 0.6 is 0 Å². The van der Waals surface area contributed by atoms with Gasteiger partial charge in [0, 0.05) is 47.1 Å². The van der Waals surface area contributed by atoms with Crippen molar-refractivity contribution in [1.82, 2.24) is 9.55 Å². The minimum atomic E-state index is -4.83. The second kappa shape index (κ2) is 9.23. The number of halogens is 3. The second-order valence-electron chi connectivity index (χ2n) is 7.80. The fourth-order valence-corrected chi connectivity index (χ4v) is 4.60. The Labute approximate surface area is 199 Å². The Balaban J connectivity index is 1.91. The Morgan fingerprint density at radius 1 is 1.09 bits per heavy atom. The largest absolute Gasteiger partial charge is 0.573 e. The van der Waals surface area contributed by atoms with Gasteiger partial charge >= 0.3 is 6.36 Å². The zero-order chi connectivity index (χ0) is 25.4. The lowest BCUT2D eigenvalue weighted by Crippen LogP contribution is -2.17. The van der Waals surface area contributed by atoms with Gasteiger partial charge in [-0.25, -0.2) is 13.4 Å². The minimum Gasteiger partial charge on any atom is -0.481 e. The SMILES string of the molecule is COc1ccc(-c2c(CO)n(Cc3cccc(OC(F)(F)F)c3)c3ccc(S(C)(=O)=O)cc23)cn1. The fraction of sp³-hybridized carbons (Fsp3) is 0.208. The van der Waals surface area contributed by atoms with Crippen LogP contribution < -0.4 is 9.47 Å². The molecule has 0 saturated heterocycles. The fourth-order valence-electron chi connectivity index (χ4n) is 3.96. The van der Waals surface area contributed by atoms with Crippen LogP contribution in [0, 0.1) is 0 Å². The van der Waals surface area contributed by atoms with E-state index in [-0.39, 0.29) is 17.2 Å². The molecule has 0 saturated carbocycles. The summed E-state index contributed by atoms with van der Waals surface area (Å²) in [5, 5.41) is 10.9. The monoisotopic (exact) mass is 506 g/mol. The van der Waals surface area contributed by atoms with Crippen LogP contribution in [0.2, 0.25) is 0 Å². The maximum atomic E-state index is 12.7. The molecule has 0 atom stereocenters. The predicted octanol–water partition coefficient (Wildman–Crippen LogP) is 4.55. The van der Waals surface area contributed by atoms with Crippen LogP contribution in [0.15, 0.2) is 65.7 Å². The average molecular weight is 507 g/mol. The van der Waals surface area contributed by atoms with Crippen molar-refractivity contribution in [3.8, 4) is 22.8 Å². The van der Waals surface area contributed by atoms with Crippen molar-refractivity contribution in [2.75, 3.05) is 13.4 Å². The smallest absolute Gasteiger partial charge is 0.481 e. The van der Waals surface area contributed by atoms with Gasteiger partial charge in [0.15, 0.2) is 9.84 Å². The van der Waals surface area contributed by atoms with Gasteiger partial charge in [-0.3, -0.25) is 0 Å². The molecule has 4 aromatic rings. The van der Waals surface area contributed by atoms with Gasteiger partial charge in [0.2, 0.25) is 5.88 Å². The summed E-state index contributed by atoms with van der Waals surface area (Å²) in [5.41, 5.74) is 2.70. The van der Waals surface area contributed by atoms with Gasteiger partial charge in [-0.1, -0.05) is 12.1 Å². The number of hydrogen-bond acceptors (Lipinski definition) is 6. The van der Waals surface area contributed by atoms with Gasteiger partial charge < -0.3 is 19.1 Å². The summed E-state index contributed by atoms with van der Waals surface area (Å²) in [4.78, 5) is 4.30. The summed E-state index contributed by atoms with van der Waals surface area (Å²) in [6, 6.07) is 13.5. The van der Waals surface area contributed by atoms with Gasteiger partial charge in [0.25, 0.3) is 0 Å². The second-order valence-corrected chi connectivity index (χ2v) is 9.82. The zero-order valence-corrected chi connectivity index (χ0v) is 19.5. The van der Waals surface area contributed by atoms with Crippen molar-refractivity contribution in [1.29, 1.82) is 0 Å². The number of ether oxygens (including phenoxy) is 2. The molecule has 0 spiro atoms. The minimum absolute atomic E-state index is 0.0925. The Bertz CT molecular complexity index is 1480. The number of sulfone groups is 1. The van der Waals surface area contributed by atoms with E-state index in [1.165, 1.54) is 37.4 Å². The summed E-state index contributed by atoms with van der Waals surface area (Å²) in [5.74, 6) is 0.0114. The maximum Gasteiger partial charge on any atom is 0.573 e. The normalized spacial score (nSPS) is 12.2. The van der Waals surface area contributed by atoms with Gasteiger partial charge in [0.1, 0.15) is 5.75 Å². The summed E-state index contributed by atoms with van der Waals surface area (Å²) in [7, 11) is -2.05. The molecule has 7 nitrogen and oxygen atoms in total. The Kier molecular flexibility index (Phi) is 6.48. The van der Waals surface area contributed by atoms with E-state index in [0.29, 0.717) is 39.2 Å². The third-order valence-electron chi connectivity index (χ3n) is 5.43. The first kappa shape index (κ1) is 24.6. The number of rotatable bonds is 7. The van der Waals surface area contributed by atoms with Gasteiger partial charge in [-0.15, -0.1) is 13.2 Å². The van der Waals surface area contributed by atoms with Gasteiger partial charge in [0.05, 0.1) is 24.3 Å². The summed E-state index contributed by atoms with van der Waals surface area (Å²) >= 11 is 0. The molecule has 0 bridgehead atoms. The Morgan fingerprint density at radius 3 is 2.46 bits per heavy atom. The first-order chi connectivity index (χ1) is 16.5. The molecule has 2 aromatic heterocycles. The van der Waals surface area contributed by atoms with E-state index in [1.54, 1.807) is 35.0 Å². The molecule has 11 heteroatoms. The molecule has 1 N–H and O–H groups in total. The van der Waals surface area contributed by atoms with Crippen LogP contribution in [0.3, 0.4) is 0 Å². The standard InChI is InChI=1S/C24H21F3N2O5S/c1-33-22-9-6-16(12-28-22)23-19-11-18(35(2,31)32)7-8-20(19)29(21(23)14-30)13-15-4-3-5-17(10-15)34-24(25,26)27/h3-12,30H,13-14H2,1-2H3. The number of hydrogen-bond donors (Lipinski definition) is 1. The van der Waals surface area contributed by atoms with Gasteiger partial charge in [-0.2, -0.15) is 0 Å². The van der Waals surface area contributed by atoms with E-state index in [0.717, 1.165) is 6.26 Å². The maximum absolute atomic E-state index is 12.7. The first-order valence-corrected chi connectivity index (χ1v) is 12.2. The van der Waals surface area contributed by atoms with Crippen LogP contribution in [-0.2, 0) is 23.0 Å². The molecule has 0 unspecified atom stereocenters. The van der Waals surface area contributed by atoms with Crippen LogP contribution in [0.25, 0.3) is 22.0 Å². The van der Waals surface area contributed by atoms with E-state index >= 15 is 0 Å². The quantitative estimate of drug-likeness (QED) is 0.395. The van der Waals surface area contributed by atoms with Crippen molar-refractivity contribution in [2.45, 2.75) is 24.4 Å². The predicted molar refractivity (Wildman–Crippen MR) is 123 cm³/mol. The lowest BCUT2D eigenvalue weighted by atomic mass is 10.0. The lowest BCUT2D eigenvalue weighted by Gasteiger charge is -2.13. The molecule has 184 valence electrons. The molecule has 2 aromatic carbocycles. The zero-order valence-electron chi connectivity index (χ0n) is 18.7. The number of pyridine rings is 1. The van der Waals surface area contributed by atoms with Crippen LogP contribution in [-0.4, -0.2) is 42.8 Å². The van der Waals surface area contributed by atoms with Crippen molar-refractivity contribution >= 4 is 20.7 Å². The number of aromatic nitrogens is 2. The summed E-state index contributed by atoms with van der Waals surface area (Å²) in [6.07, 6.45) is -2.19. The Hall–Kier alpha value is -3.57. The number of fused-ring (bicyclic) bond motifs is 1. The van der Waals surface area contributed by atoms with E-state index in [4.69, 9.17) is 4.74 Å². The number of alkyl halides is 3. The van der Waals surface area contributed by atoms with E-state index in [2.05, 4.69) is 9.72 Å². The number of aliphatic hydroxyl groups is 1. The highest BCUT2D eigenvalue weighted by Crippen LogP contribution is 2.37. The number of methoxy groups -OCH3 is 1. The van der Waals surface area contributed by atoms with E-state index in [9.17, 15) is 26.7 Å². The average Bonchev–Trinajstić information content (AvgIpc) is 3.10. The molecular weight excluding hydrogens is 485 g/mol. The van der Waals surface area contributed by atoms with Crippen molar-refractivity contribution < 1.29 is 36.2 Å². The molecule has 0 aliphatic carbocycles. The molecular formula is C24H21F3N2O5S. The summed E-state index contributed by atoms with van der Waals surface area (Å²) in [6.45, 7) is -0.313. The van der Waals surface area contributed by atoms with Crippen LogP contribution in [0.4, 0.5) is 13.2 Å². The van der Waals surface area contributed by atoms with Crippen LogP contribution in [0.5, 0.6) is 11.6 Å². The van der Waals surface area contributed by atoms with E-state index < -0.39 is 22.8 Å². The molecule has 0 radical (unpaired) electrons. The topological polar surface area (TPSA) is 90.7 Å². The highest BCUT2D eigenvalue weighted by atomic mass is 32.2. The number of aliphatic hydroxyl groups excluding tert-OH is 1. The first-order valence-electron chi connectivity index (χ1n) is 10.3. The van der Waals surface area contributed by atoms with Gasteiger partial charge in [-0.05, 0) is 42.0 Å². The molecule has 0 aliphatic heterocycles. The number of benzene rings is 2. The molecule has 35 heavy (non-hydrogen) atoms. The highest BCUT2D eigenvalue weighted by molar-refractivity contribution is 7.90. The molecule has 4 rings (SSSR count). The number of nitrogens with zero attached hydrogens (tertiary/aromatic N) is 2. The summed E-state index contributed by atoms with van der Waals surface area (Å²) < 4.78 is 73.4. The molecule has 0 fully saturated rings. The van der Waals surface area contributed by atoms with Crippen molar-refractivity contribution in [3.05, 3.63) is 72.1 Å². The molecule has 0 aliphatic rings. The molecule has 0 amide bonds.